The van der Waals surface area contributed by atoms with Crippen LogP contribution < -0.4 is 0 Å². The number of aromatic carboxylic acids is 1. The Kier molecular flexibility index (Phi) is 2.63. The summed E-state index contributed by atoms with van der Waals surface area (Å²) in [5, 5.41) is 18.0. The van der Waals surface area contributed by atoms with Crippen LogP contribution in [0.3, 0.4) is 0 Å². The minimum Gasteiger partial charge on any atom is -0.475 e. The van der Waals surface area contributed by atoms with Gasteiger partial charge in [-0.05, 0) is 24.3 Å². The van der Waals surface area contributed by atoms with E-state index in [-0.39, 0.29) is 12.4 Å². The maximum absolute atomic E-state index is 10.7. The van der Waals surface area contributed by atoms with Crippen LogP contribution in [-0.4, -0.2) is 22.8 Å². The predicted molar refractivity (Wildman–Crippen MR) is 57.1 cm³/mol. The number of hydrogen-bond acceptors (Lipinski definition) is 3. The van der Waals surface area contributed by atoms with Gasteiger partial charge in [0.2, 0.25) is 5.76 Å². The first kappa shape index (κ1) is 10.3. The zero-order valence-electron chi connectivity index (χ0n) is 8.23. The molecule has 0 amide bonds. The molecule has 1 heterocycles. The molecule has 1 aromatic carbocycles. The molecule has 0 unspecified atom stereocenters. The smallest absolute Gasteiger partial charge is 0.371 e. The zero-order chi connectivity index (χ0) is 11.5. The first-order valence-electron chi connectivity index (χ1n) is 4.57. The van der Waals surface area contributed by atoms with Crippen LogP contribution in [0.15, 0.2) is 28.7 Å². The summed E-state index contributed by atoms with van der Waals surface area (Å²) in [6.07, 6.45) is 0. The Morgan fingerprint density at radius 1 is 1.38 bits per heavy atom. The minimum atomic E-state index is -1.10. The molecule has 0 aliphatic heterocycles. The van der Waals surface area contributed by atoms with Crippen molar-refractivity contribution in [2.45, 2.75) is 0 Å². The van der Waals surface area contributed by atoms with Crippen LogP contribution in [0.2, 0.25) is 0 Å². The van der Waals surface area contributed by atoms with Crippen molar-refractivity contribution in [1.29, 1.82) is 0 Å². The molecule has 0 fully saturated rings. The van der Waals surface area contributed by atoms with Gasteiger partial charge in [-0.1, -0.05) is 11.8 Å². The van der Waals surface area contributed by atoms with Crippen molar-refractivity contribution < 1.29 is 19.4 Å². The Hall–Kier alpha value is -2.25. The highest BCUT2D eigenvalue weighted by Crippen LogP contribution is 2.20. The molecule has 4 nitrogen and oxygen atoms in total. The van der Waals surface area contributed by atoms with Crippen LogP contribution in [0.1, 0.15) is 16.1 Å². The third-order valence-corrected chi connectivity index (χ3v) is 2.04. The molecular weight excluding hydrogens is 208 g/mol. The summed E-state index contributed by atoms with van der Waals surface area (Å²) >= 11 is 0. The van der Waals surface area contributed by atoms with E-state index in [4.69, 9.17) is 14.6 Å². The van der Waals surface area contributed by atoms with Gasteiger partial charge in [0.25, 0.3) is 0 Å². The summed E-state index contributed by atoms with van der Waals surface area (Å²) in [7, 11) is 0. The lowest BCUT2D eigenvalue weighted by Crippen LogP contribution is -1.91. The molecule has 1 aromatic heterocycles. The largest absolute Gasteiger partial charge is 0.475 e. The summed E-state index contributed by atoms with van der Waals surface area (Å²) in [6, 6.07) is 6.53. The van der Waals surface area contributed by atoms with E-state index in [0.29, 0.717) is 16.5 Å². The number of rotatable bonds is 1. The SMILES string of the molecule is O=C(O)c1cc2cc(C#CCO)ccc2o1. The quantitative estimate of drug-likeness (QED) is 0.708. The highest BCUT2D eigenvalue weighted by Gasteiger charge is 2.09. The van der Waals surface area contributed by atoms with Crippen LogP contribution in [0.25, 0.3) is 11.0 Å². The van der Waals surface area contributed by atoms with E-state index in [1.54, 1.807) is 18.2 Å². The van der Waals surface area contributed by atoms with E-state index < -0.39 is 5.97 Å². The number of benzene rings is 1. The maximum Gasteiger partial charge on any atom is 0.371 e. The maximum atomic E-state index is 10.7. The van der Waals surface area contributed by atoms with E-state index in [0.717, 1.165) is 0 Å². The van der Waals surface area contributed by atoms with Gasteiger partial charge >= 0.3 is 5.97 Å². The molecule has 0 aliphatic carbocycles. The van der Waals surface area contributed by atoms with Gasteiger partial charge in [0, 0.05) is 10.9 Å². The van der Waals surface area contributed by atoms with Gasteiger partial charge in [-0.15, -0.1) is 0 Å². The molecular formula is C12H8O4. The summed E-state index contributed by atoms with van der Waals surface area (Å²) in [5.41, 5.74) is 1.21. The lowest BCUT2D eigenvalue weighted by Gasteiger charge is -1.89. The summed E-state index contributed by atoms with van der Waals surface area (Å²) in [5.74, 6) is 4.06. The second kappa shape index (κ2) is 4.09. The molecule has 0 saturated heterocycles. The lowest BCUT2D eigenvalue weighted by atomic mass is 10.1. The molecule has 0 aliphatic rings. The van der Waals surface area contributed by atoms with Gasteiger partial charge in [-0.25, -0.2) is 4.79 Å². The number of aliphatic hydroxyl groups excluding tert-OH is 1. The summed E-state index contributed by atoms with van der Waals surface area (Å²) in [4.78, 5) is 10.7. The third-order valence-electron chi connectivity index (χ3n) is 2.04. The Morgan fingerprint density at radius 3 is 2.88 bits per heavy atom. The van der Waals surface area contributed by atoms with Crippen LogP contribution in [-0.2, 0) is 0 Å². The molecule has 0 atom stereocenters. The van der Waals surface area contributed by atoms with E-state index >= 15 is 0 Å². The molecule has 4 heteroatoms. The van der Waals surface area contributed by atoms with E-state index in [1.807, 2.05) is 0 Å². The van der Waals surface area contributed by atoms with Crippen LogP contribution >= 0.6 is 0 Å². The molecule has 0 saturated carbocycles. The highest BCUT2D eigenvalue weighted by molar-refractivity contribution is 5.91. The fraction of sp³-hybridized carbons (Fsp3) is 0.0833. The number of furan rings is 1. The van der Waals surface area contributed by atoms with E-state index in [1.165, 1.54) is 6.07 Å². The predicted octanol–water partition coefficient (Wildman–Crippen LogP) is 1.47. The fourth-order valence-electron chi connectivity index (χ4n) is 1.37. The molecule has 0 radical (unpaired) electrons. The van der Waals surface area contributed by atoms with Crippen molar-refractivity contribution in [3.63, 3.8) is 0 Å². The standard InChI is InChI=1S/C12H8O4/c13-5-1-2-8-3-4-10-9(6-8)7-11(16-10)12(14)15/h3-4,6-7,13H,5H2,(H,14,15). The Bertz CT molecular complexity index is 598. The first-order chi connectivity index (χ1) is 7.70. The molecule has 2 aromatic rings. The Morgan fingerprint density at radius 2 is 2.19 bits per heavy atom. The second-order valence-electron chi connectivity index (χ2n) is 3.13. The minimum absolute atomic E-state index is 0.0951. The van der Waals surface area contributed by atoms with Crippen molar-refractivity contribution in [3.8, 4) is 11.8 Å². The monoisotopic (exact) mass is 216 g/mol. The van der Waals surface area contributed by atoms with Gasteiger partial charge < -0.3 is 14.6 Å². The average molecular weight is 216 g/mol. The number of aliphatic hydroxyl groups is 1. The van der Waals surface area contributed by atoms with E-state index in [9.17, 15) is 4.79 Å². The normalized spacial score (nSPS) is 9.81. The second-order valence-corrected chi connectivity index (χ2v) is 3.13. The number of fused-ring (bicyclic) bond motifs is 1. The number of carbonyl (C=O) groups is 1. The fourth-order valence-corrected chi connectivity index (χ4v) is 1.37. The van der Waals surface area contributed by atoms with Crippen molar-refractivity contribution in [1.82, 2.24) is 0 Å². The Balaban J connectivity index is 2.49. The molecule has 2 N–H and O–H groups in total. The highest BCUT2D eigenvalue weighted by atomic mass is 16.4. The number of carboxylic acid groups (broad SMARTS) is 1. The average Bonchev–Trinajstić information content (AvgIpc) is 2.69. The van der Waals surface area contributed by atoms with Gasteiger partial charge in [-0.3, -0.25) is 0 Å². The number of hydrogen-bond donors (Lipinski definition) is 2. The van der Waals surface area contributed by atoms with Crippen molar-refractivity contribution in [2.75, 3.05) is 6.61 Å². The third kappa shape index (κ3) is 1.90. The first-order valence-corrected chi connectivity index (χ1v) is 4.57. The van der Waals surface area contributed by atoms with Crippen LogP contribution in [0.4, 0.5) is 0 Å². The molecule has 2 rings (SSSR count). The van der Waals surface area contributed by atoms with Gasteiger partial charge in [0.1, 0.15) is 12.2 Å². The molecule has 80 valence electrons. The number of carboxylic acids is 1. The van der Waals surface area contributed by atoms with Gasteiger partial charge in [0.15, 0.2) is 0 Å². The molecule has 16 heavy (non-hydrogen) atoms. The van der Waals surface area contributed by atoms with Crippen molar-refractivity contribution in [3.05, 3.63) is 35.6 Å². The summed E-state index contributed by atoms with van der Waals surface area (Å²) < 4.78 is 5.09. The topological polar surface area (TPSA) is 70.7 Å². The van der Waals surface area contributed by atoms with Crippen molar-refractivity contribution in [2.24, 2.45) is 0 Å². The van der Waals surface area contributed by atoms with Crippen LogP contribution in [0.5, 0.6) is 0 Å². The van der Waals surface area contributed by atoms with Crippen LogP contribution in [0, 0.1) is 11.8 Å². The Labute approximate surface area is 91.1 Å². The molecule has 0 spiro atoms. The van der Waals surface area contributed by atoms with E-state index in [2.05, 4.69) is 11.8 Å². The molecule has 0 bridgehead atoms. The van der Waals surface area contributed by atoms with Gasteiger partial charge in [-0.2, -0.15) is 0 Å². The summed E-state index contributed by atoms with van der Waals surface area (Å²) in [6.45, 7) is -0.205. The van der Waals surface area contributed by atoms with Gasteiger partial charge in [0.05, 0.1) is 0 Å². The van der Waals surface area contributed by atoms with Crippen molar-refractivity contribution >= 4 is 16.9 Å². The zero-order valence-corrected chi connectivity index (χ0v) is 8.23. The lowest BCUT2D eigenvalue weighted by molar-refractivity contribution is 0.0665.